The molecular formula is C24H30N6. The molecule has 2 heterocycles. The summed E-state index contributed by atoms with van der Waals surface area (Å²) >= 11 is 0. The topological polar surface area (TPSA) is 61.5 Å². The lowest BCUT2D eigenvalue weighted by Crippen LogP contribution is -2.46. The van der Waals surface area contributed by atoms with Crippen LogP contribution in [0.25, 0.3) is 0 Å². The summed E-state index contributed by atoms with van der Waals surface area (Å²) in [5.41, 5.74) is 9.78. The second kappa shape index (κ2) is 9.59. The molecule has 0 aliphatic carbocycles. The van der Waals surface area contributed by atoms with E-state index < -0.39 is 0 Å². The van der Waals surface area contributed by atoms with Crippen molar-refractivity contribution in [1.82, 2.24) is 14.9 Å². The molecule has 0 amide bonds. The summed E-state index contributed by atoms with van der Waals surface area (Å²) in [6, 6.07) is 20.9. The number of aromatic nitrogens is 2. The summed E-state index contributed by atoms with van der Waals surface area (Å²) in [5.74, 6) is 1.65. The van der Waals surface area contributed by atoms with Gasteiger partial charge in [0.2, 0.25) is 0 Å². The smallest absolute Gasteiger partial charge is 0.158 e. The molecule has 0 spiro atoms. The number of nitrogens with zero attached hydrogens (tertiary/aromatic N) is 5. The zero-order valence-corrected chi connectivity index (χ0v) is 17.6. The number of anilines is 3. The molecule has 30 heavy (non-hydrogen) atoms. The van der Waals surface area contributed by atoms with E-state index in [1.165, 1.54) is 11.1 Å². The number of piperazine rings is 1. The van der Waals surface area contributed by atoms with Crippen molar-refractivity contribution < 1.29 is 0 Å². The van der Waals surface area contributed by atoms with E-state index in [9.17, 15) is 0 Å². The predicted octanol–water partition coefficient (Wildman–Crippen LogP) is 3.41. The van der Waals surface area contributed by atoms with Crippen LogP contribution in [-0.2, 0) is 13.1 Å². The largest absolute Gasteiger partial charge is 0.393 e. The Morgan fingerprint density at radius 2 is 1.40 bits per heavy atom. The number of rotatable bonds is 7. The molecule has 2 aromatic carbocycles. The fourth-order valence-corrected chi connectivity index (χ4v) is 3.97. The molecule has 0 radical (unpaired) electrons. The summed E-state index contributed by atoms with van der Waals surface area (Å²) in [7, 11) is 0. The lowest BCUT2D eigenvalue weighted by molar-refractivity contribution is 0.270. The van der Waals surface area contributed by atoms with Crippen molar-refractivity contribution in [1.29, 1.82) is 0 Å². The zero-order chi connectivity index (χ0) is 20.8. The summed E-state index contributed by atoms with van der Waals surface area (Å²) in [6.07, 6.45) is 1.65. The van der Waals surface area contributed by atoms with Gasteiger partial charge in [-0.1, -0.05) is 67.6 Å². The van der Waals surface area contributed by atoms with Gasteiger partial charge in [-0.05, 0) is 17.7 Å². The number of benzene rings is 2. The Kier molecular flexibility index (Phi) is 6.44. The Hall–Kier alpha value is -3.12. The van der Waals surface area contributed by atoms with E-state index in [0.29, 0.717) is 5.69 Å². The SMILES string of the molecule is CCN1CCN(c2ncnc(N(Cc3ccccc3)Cc3ccccc3)c2N)CC1. The summed E-state index contributed by atoms with van der Waals surface area (Å²) in [6.45, 7) is 8.70. The minimum atomic E-state index is 0.661. The van der Waals surface area contributed by atoms with Crippen molar-refractivity contribution in [3.05, 3.63) is 78.1 Å². The second-order valence-corrected chi connectivity index (χ2v) is 7.68. The lowest BCUT2D eigenvalue weighted by Gasteiger charge is -2.36. The van der Waals surface area contributed by atoms with Gasteiger partial charge in [-0.2, -0.15) is 0 Å². The van der Waals surface area contributed by atoms with Crippen molar-refractivity contribution in [3.63, 3.8) is 0 Å². The molecule has 4 rings (SSSR count). The Labute approximate surface area is 179 Å². The third kappa shape index (κ3) is 4.71. The Morgan fingerprint density at radius 3 is 1.93 bits per heavy atom. The van der Waals surface area contributed by atoms with E-state index in [4.69, 9.17) is 5.73 Å². The maximum absolute atomic E-state index is 6.67. The van der Waals surface area contributed by atoms with E-state index >= 15 is 0 Å². The van der Waals surface area contributed by atoms with Crippen LogP contribution in [0.15, 0.2) is 67.0 Å². The van der Waals surface area contributed by atoms with Crippen LogP contribution in [0.4, 0.5) is 17.3 Å². The highest BCUT2D eigenvalue weighted by Crippen LogP contribution is 2.31. The van der Waals surface area contributed by atoms with Gasteiger partial charge in [-0.3, -0.25) is 0 Å². The third-order valence-electron chi connectivity index (χ3n) is 5.69. The highest BCUT2D eigenvalue weighted by atomic mass is 15.3. The Bertz CT molecular complexity index is 881. The Morgan fingerprint density at radius 1 is 0.833 bits per heavy atom. The third-order valence-corrected chi connectivity index (χ3v) is 5.69. The molecule has 1 aliphatic rings. The monoisotopic (exact) mass is 402 g/mol. The minimum absolute atomic E-state index is 0.661. The van der Waals surface area contributed by atoms with Crippen molar-refractivity contribution in [2.75, 3.05) is 48.3 Å². The zero-order valence-electron chi connectivity index (χ0n) is 17.6. The van der Waals surface area contributed by atoms with Gasteiger partial charge < -0.3 is 20.4 Å². The van der Waals surface area contributed by atoms with Crippen LogP contribution in [0.5, 0.6) is 0 Å². The van der Waals surface area contributed by atoms with Gasteiger partial charge in [0, 0.05) is 39.3 Å². The fraction of sp³-hybridized carbons (Fsp3) is 0.333. The minimum Gasteiger partial charge on any atom is -0.393 e. The van der Waals surface area contributed by atoms with Gasteiger partial charge in [0.05, 0.1) is 0 Å². The van der Waals surface area contributed by atoms with Gasteiger partial charge in [-0.15, -0.1) is 0 Å². The molecule has 6 heteroatoms. The summed E-state index contributed by atoms with van der Waals surface area (Å²) < 4.78 is 0. The van der Waals surface area contributed by atoms with Crippen molar-refractivity contribution in [2.45, 2.75) is 20.0 Å². The molecule has 1 fully saturated rings. The van der Waals surface area contributed by atoms with Gasteiger partial charge in [-0.25, -0.2) is 9.97 Å². The molecule has 3 aromatic rings. The first-order valence-corrected chi connectivity index (χ1v) is 10.6. The van der Waals surface area contributed by atoms with Gasteiger partial charge in [0.15, 0.2) is 11.6 Å². The first kappa shape index (κ1) is 20.2. The first-order chi connectivity index (χ1) is 14.7. The van der Waals surface area contributed by atoms with E-state index in [2.05, 4.69) is 80.1 Å². The maximum Gasteiger partial charge on any atom is 0.158 e. The van der Waals surface area contributed by atoms with Crippen LogP contribution >= 0.6 is 0 Å². The molecular weight excluding hydrogens is 372 g/mol. The van der Waals surface area contributed by atoms with E-state index in [0.717, 1.165) is 57.4 Å². The average molecular weight is 403 g/mol. The predicted molar refractivity (Wildman–Crippen MR) is 124 cm³/mol. The molecule has 2 N–H and O–H groups in total. The number of hydrogen-bond acceptors (Lipinski definition) is 6. The molecule has 1 saturated heterocycles. The molecule has 1 aromatic heterocycles. The van der Waals surface area contributed by atoms with Crippen molar-refractivity contribution in [3.8, 4) is 0 Å². The summed E-state index contributed by atoms with van der Waals surface area (Å²) in [4.78, 5) is 16.1. The quantitative estimate of drug-likeness (QED) is 0.654. The molecule has 156 valence electrons. The lowest BCUT2D eigenvalue weighted by atomic mass is 10.1. The second-order valence-electron chi connectivity index (χ2n) is 7.68. The molecule has 0 bridgehead atoms. The number of nitrogen functional groups attached to an aromatic ring is 1. The highest BCUT2D eigenvalue weighted by molar-refractivity contribution is 5.76. The van der Waals surface area contributed by atoms with Gasteiger partial charge in [0.1, 0.15) is 12.0 Å². The average Bonchev–Trinajstić information content (AvgIpc) is 2.80. The maximum atomic E-state index is 6.67. The van der Waals surface area contributed by atoms with Crippen LogP contribution in [-0.4, -0.2) is 47.6 Å². The summed E-state index contributed by atoms with van der Waals surface area (Å²) in [5, 5.41) is 0. The van der Waals surface area contributed by atoms with Crippen LogP contribution in [0.2, 0.25) is 0 Å². The van der Waals surface area contributed by atoms with E-state index in [1.807, 2.05) is 12.1 Å². The van der Waals surface area contributed by atoms with Crippen LogP contribution in [0, 0.1) is 0 Å². The highest BCUT2D eigenvalue weighted by Gasteiger charge is 2.22. The van der Waals surface area contributed by atoms with Crippen LogP contribution < -0.4 is 15.5 Å². The molecule has 0 saturated carbocycles. The van der Waals surface area contributed by atoms with Crippen molar-refractivity contribution >= 4 is 17.3 Å². The molecule has 1 aliphatic heterocycles. The van der Waals surface area contributed by atoms with E-state index in [1.54, 1.807) is 6.33 Å². The molecule has 6 nitrogen and oxygen atoms in total. The molecule has 0 atom stereocenters. The molecule has 0 unspecified atom stereocenters. The number of nitrogens with two attached hydrogens (primary N) is 1. The van der Waals surface area contributed by atoms with Gasteiger partial charge in [0.25, 0.3) is 0 Å². The first-order valence-electron chi connectivity index (χ1n) is 10.6. The standard InChI is InChI=1S/C24H30N6/c1-2-28-13-15-29(16-14-28)23-22(25)24(27-19-26-23)30(17-20-9-5-3-6-10-20)18-21-11-7-4-8-12-21/h3-12,19H,2,13-18,25H2,1H3. The fourth-order valence-electron chi connectivity index (χ4n) is 3.97. The number of likely N-dealkylation sites (N-methyl/N-ethyl adjacent to an activating group) is 1. The van der Waals surface area contributed by atoms with Crippen LogP contribution in [0.3, 0.4) is 0 Å². The Balaban J connectivity index is 1.62. The number of hydrogen-bond donors (Lipinski definition) is 1. The van der Waals surface area contributed by atoms with Crippen molar-refractivity contribution in [2.24, 2.45) is 0 Å². The van der Waals surface area contributed by atoms with Crippen LogP contribution in [0.1, 0.15) is 18.1 Å². The van der Waals surface area contributed by atoms with Gasteiger partial charge >= 0.3 is 0 Å². The normalized spacial score (nSPS) is 14.6. The van der Waals surface area contributed by atoms with E-state index in [-0.39, 0.29) is 0 Å².